The second-order valence-electron chi connectivity index (χ2n) is 4.89. The first-order chi connectivity index (χ1) is 10.6. The van der Waals surface area contributed by atoms with E-state index in [1.165, 1.54) is 0 Å². The number of hydrogen-bond acceptors (Lipinski definition) is 5. The summed E-state index contributed by atoms with van der Waals surface area (Å²) in [7, 11) is -4.02. The third kappa shape index (κ3) is 7.16. The molecule has 130 valence electrons. The summed E-state index contributed by atoms with van der Waals surface area (Å²) in [5, 5.41) is 13.8. The summed E-state index contributed by atoms with van der Waals surface area (Å²) in [6, 6.07) is 5.25. The van der Waals surface area contributed by atoms with Gasteiger partial charge in [-0.3, -0.25) is 4.79 Å². The molecule has 11 heteroatoms. The molecule has 0 fully saturated rings. The van der Waals surface area contributed by atoms with Gasteiger partial charge < -0.3 is 15.4 Å². The van der Waals surface area contributed by atoms with Gasteiger partial charge in [0.15, 0.2) is 11.1 Å². The van der Waals surface area contributed by atoms with Crippen molar-refractivity contribution in [1.82, 2.24) is 4.31 Å². The van der Waals surface area contributed by atoms with E-state index in [1.807, 2.05) is 0 Å². The molecule has 1 aromatic rings. The molecule has 0 bridgehead atoms. The molecule has 0 saturated carbocycles. The predicted molar refractivity (Wildman–Crippen MR) is 84.7 cm³/mol. The van der Waals surface area contributed by atoms with Crippen LogP contribution < -0.4 is 10.9 Å². The summed E-state index contributed by atoms with van der Waals surface area (Å²) in [6.45, 7) is -0.178. The Kier molecular flexibility index (Phi) is 7.25. The van der Waals surface area contributed by atoms with E-state index < -0.39 is 33.3 Å². The number of nitrogens with two attached hydrogens (primary N) is 2. The molecule has 0 saturated heterocycles. The van der Waals surface area contributed by atoms with Crippen LogP contribution in [0.5, 0.6) is 0 Å². The van der Waals surface area contributed by atoms with E-state index in [4.69, 9.17) is 20.5 Å². The van der Waals surface area contributed by atoms with Gasteiger partial charge in [-0.2, -0.15) is 12.7 Å². The minimum absolute atomic E-state index is 0.0212. The number of rotatable bonds is 9. The first-order valence-electron chi connectivity index (χ1n) is 6.51. The molecular formula is C12H19N3O6S2. The zero-order chi connectivity index (χ0) is 17.6. The van der Waals surface area contributed by atoms with Crippen LogP contribution in [0.4, 0.5) is 0 Å². The zero-order valence-corrected chi connectivity index (χ0v) is 13.8. The average Bonchev–Trinajstić information content (AvgIpc) is 2.42. The van der Waals surface area contributed by atoms with Gasteiger partial charge in [-0.25, -0.2) is 9.35 Å². The maximum Gasteiger partial charge on any atom is 0.320 e. The lowest BCUT2D eigenvalue weighted by molar-refractivity contribution is -0.138. The van der Waals surface area contributed by atoms with E-state index in [2.05, 4.69) is 0 Å². The van der Waals surface area contributed by atoms with Crippen LogP contribution in [0, 0.1) is 0 Å². The summed E-state index contributed by atoms with van der Waals surface area (Å²) in [6.07, 6.45) is -0.0761. The SMILES string of the molecule is N[C@@H](CCN(Cc1ccc(CS(=O)O)cc1)S(N)(=O)=O)C(=O)O. The van der Waals surface area contributed by atoms with Crippen molar-refractivity contribution in [3.05, 3.63) is 35.4 Å². The minimum atomic E-state index is -4.02. The van der Waals surface area contributed by atoms with Gasteiger partial charge >= 0.3 is 5.97 Å². The second kappa shape index (κ2) is 8.47. The predicted octanol–water partition coefficient (Wildman–Crippen LogP) is -0.784. The van der Waals surface area contributed by atoms with Crippen molar-refractivity contribution in [3.63, 3.8) is 0 Å². The normalized spacial score (nSPS) is 14.6. The first-order valence-corrected chi connectivity index (χ1v) is 9.29. The number of nitrogens with zero attached hydrogens (tertiary/aromatic N) is 1. The molecule has 1 aromatic carbocycles. The van der Waals surface area contributed by atoms with Crippen LogP contribution >= 0.6 is 0 Å². The number of carboxylic acid groups (broad SMARTS) is 1. The molecule has 1 unspecified atom stereocenters. The monoisotopic (exact) mass is 365 g/mol. The lowest BCUT2D eigenvalue weighted by Crippen LogP contribution is -2.40. The van der Waals surface area contributed by atoms with E-state index in [-0.39, 0.29) is 25.3 Å². The topological polar surface area (TPSA) is 164 Å². The van der Waals surface area contributed by atoms with Crippen molar-refractivity contribution in [2.45, 2.75) is 24.8 Å². The molecule has 23 heavy (non-hydrogen) atoms. The van der Waals surface area contributed by atoms with Crippen LogP contribution in [0.1, 0.15) is 17.5 Å². The van der Waals surface area contributed by atoms with Gasteiger partial charge in [0.2, 0.25) is 0 Å². The summed E-state index contributed by atoms with van der Waals surface area (Å²) < 4.78 is 43.6. The Morgan fingerprint density at radius 3 is 2.22 bits per heavy atom. The Morgan fingerprint density at radius 2 is 1.78 bits per heavy atom. The Bertz CT molecular complexity index is 662. The van der Waals surface area contributed by atoms with Crippen molar-refractivity contribution < 1.29 is 27.1 Å². The molecule has 0 aliphatic rings. The highest BCUT2D eigenvalue weighted by molar-refractivity contribution is 7.86. The second-order valence-corrected chi connectivity index (χ2v) is 7.37. The van der Waals surface area contributed by atoms with Crippen molar-refractivity contribution in [1.29, 1.82) is 0 Å². The largest absolute Gasteiger partial charge is 0.480 e. The van der Waals surface area contributed by atoms with Gasteiger partial charge in [-0.05, 0) is 17.5 Å². The van der Waals surface area contributed by atoms with Crippen LogP contribution in [-0.2, 0) is 38.4 Å². The molecule has 0 spiro atoms. The van der Waals surface area contributed by atoms with Crippen LogP contribution in [0.25, 0.3) is 0 Å². The number of carboxylic acids is 1. The lowest BCUT2D eigenvalue weighted by atomic mass is 10.1. The molecule has 2 atom stereocenters. The number of aliphatic carboxylic acids is 1. The van der Waals surface area contributed by atoms with Crippen LogP contribution in [0.3, 0.4) is 0 Å². The first kappa shape index (κ1) is 19.7. The van der Waals surface area contributed by atoms with Crippen LogP contribution in [-0.4, -0.2) is 45.1 Å². The summed E-state index contributed by atoms with van der Waals surface area (Å²) in [4.78, 5) is 10.7. The maximum atomic E-state index is 11.6. The quantitative estimate of drug-likeness (QED) is 0.417. The highest BCUT2D eigenvalue weighted by atomic mass is 32.2. The molecule has 0 heterocycles. The van der Waals surface area contributed by atoms with Crippen molar-refractivity contribution in [2.24, 2.45) is 10.9 Å². The fourth-order valence-corrected chi connectivity index (χ4v) is 2.96. The minimum Gasteiger partial charge on any atom is -0.480 e. The van der Waals surface area contributed by atoms with Gasteiger partial charge in [-0.15, -0.1) is 0 Å². The number of carbonyl (C=O) groups is 1. The summed E-state index contributed by atoms with van der Waals surface area (Å²) in [5.41, 5.74) is 6.59. The van der Waals surface area contributed by atoms with E-state index in [9.17, 15) is 17.4 Å². The third-order valence-corrected chi connectivity index (χ3v) is 4.65. The summed E-state index contributed by atoms with van der Waals surface area (Å²) >= 11 is -1.96. The van der Waals surface area contributed by atoms with E-state index in [1.54, 1.807) is 24.3 Å². The molecule has 1 rings (SSSR count). The molecular weight excluding hydrogens is 346 g/mol. The van der Waals surface area contributed by atoms with Crippen molar-refractivity contribution in [3.8, 4) is 0 Å². The number of benzene rings is 1. The molecule has 0 radical (unpaired) electrons. The van der Waals surface area contributed by atoms with Crippen LogP contribution in [0.15, 0.2) is 24.3 Å². The maximum absolute atomic E-state index is 11.6. The highest BCUT2D eigenvalue weighted by Gasteiger charge is 2.21. The number of hydrogen-bond donors (Lipinski definition) is 4. The van der Waals surface area contributed by atoms with Crippen molar-refractivity contribution in [2.75, 3.05) is 6.54 Å². The van der Waals surface area contributed by atoms with E-state index >= 15 is 0 Å². The molecule has 0 aromatic heterocycles. The standard InChI is InChI=1S/C12H19N3O6S2/c13-11(12(16)17)5-6-15(23(14,20)21)7-9-1-3-10(4-2-9)8-22(18)19/h1-4,11H,5-8,13H2,(H,16,17)(H,18,19)(H2,14,20,21)/t11-/m0/s1. The Hall–Kier alpha value is -1.37. The lowest BCUT2D eigenvalue weighted by Gasteiger charge is -2.20. The fourth-order valence-electron chi connectivity index (χ4n) is 1.79. The van der Waals surface area contributed by atoms with Gasteiger partial charge in [0.1, 0.15) is 6.04 Å². The van der Waals surface area contributed by atoms with Crippen molar-refractivity contribution >= 4 is 27.3 Å². The summed E-state index contributed by atoms with van der Waals surface area (Å²) in [5.74, 6) is -1.24. The average molecular weight is 365 g/mol. The van der Waals surface area contributed by atoms with E-state index in [0.717, 1.165) is 4.31 Å². The van der Waals surface area contributed by atoms with E-state index in [0.29, 0.717) is 11.1 Å². The smallest absolute Gasteiger partial charge is 0.320 e. The Labute approximate surface area is 136 Å². The van der Waals surface area contributed by atoms with Gasteiger partial charge in [-0.1, -0.05) is 24.3 Å². The molecule has 9 nitrogen and oxygen atoms in total. The molecule has 0 aliphatic heterocycles. The van der Waals surface area contributed by atoms with Crippen LogP contribution in [0.2, 0.25) is 0 Å². The van der Waals surface area contributed by atoms with Gasteiger partial charge in [0.05, 0.1) is 5.75 Å². The molecule has 0 amide bonds. The Balaban J connectivity index is 2.78. The zero-order valence-electron chi connectivity index (χ0n) is 12.2. The fraction of sp³-hybridized carbons (Fsp3) is 0.417. The molecule has 0 aliphatic carbocycles. The van der Waals surface area contributed by atoms with Gasteiger partial charge in [0.25, 0.3) is 10.2 Å². The molecule has 6 N–H and O–H groups in total. The highest BCUT2D eigenvalue weighted by Crippen LogP contribution is 2.11. The van der Waals surface area contributed by atoms with Gasteiger partial charge in [0, 0.05) is 13.1 Å². The third-order valence-electron chi connectivity index (χ3n) is 3.04. The Morgan fingerprint density at radius 1 is 1.26 bits per heavy atom.